The average Bonchev–Trinajstić information content (AvgIpc) is 3.07. The van der Waals surface area contributed by atoms with Gasteiger partial charge in [-0.25, -0.2) is 4.39 Å². The van der Waals surface area contributed by atoms with Crippen molar-refractivity contribution in [1.29, 1.82) is 5.26 Å². The summed E-state index contributed by atoms with van der Waals surface area (Å²) >= 11 is 12.0. The molecule has 0 spiro atoms. The molecule has 1 aliphatic rings. The predicted molar refractivity (Wildman–Crippen MR) is 97.8 cm³/mol. The van der Waals surface area contributed by atoms with Gasteiger partial charge in [0.15, 0.2) is 0 Å². The van der Waals surface area contributed by atoms with Crippen LogP contribution in [-0.2, 0) is 0 Å². The van der Waals surface area contributed by atoms with Crippen LogP contribution >= 0.6 is 23.2 Å². The van der Waals surface area contributed by atoms with Crippen molar-refractivity contribution in [3.63, 3.8) is 0 Å². The van der Waals surface area contributed by atoms with Crippen LogP contribution in [0.3, 0.4) is 0 Å². The lowest BCUT2D eigenvalue weighted by molar-refractivity contribution is 0.623. The van der Waals surface area contributed by atoms with Crippen molar-refractivity contribution in [3.05, 3.63) is 63.4 Å². The van der Waals surface area contributed by atoms with E-state index in [2.05, 4.69) is 6.07 Å². The van der Waals surface area contributed by atoms with Crippen molar-refractivity contribution in [1.82, 2.24) is 0 Å². The molecule has 0 unspecified atom stereocenters. The first kappa shape index (κ1) is 16.8. The summed E-state index contributed by atoms with van der Waals surface area (Å²) in [6, 6.07) is 12.1. The van der Waals surface area contributed by atoms with Gasteiger partial charge in [-0.2, -0.15) is 5.26 Å². The molecule has 0 amide bonds. The van der Waals surface area contributed by atoms with Gasteiger partial charge >= 0.3 is 0 Å². The zero-order chi connectivity index (χ0) is 17.1. The van der Waals surface area contributed by atoms with E-state index in [9.17, 15) is 9.65 Å². The van der Waals surface area contributed by atoms with Crippen molar-refractivity contribution in [2.45, 2.75) is 12.8 Å². The smallest absolute Gasteiger partial charge is 0.147 e. The van der Waals surface area contributed by atoms with Gasteiger partial charge in [-0.1, -0.05) is 35.3 Å². The van der Waals surface area contributed by atoms with Crippen LogP contribution in [0.1, 0.15) is 24.0 Å². The van der Waals surface area contributed by atoms with Gasteiger partial charge in [0, 0.05) is 23.7 Å². The number of halogens is 3. The van der Waals surface area contributed by atoms with E-state index in [1.54, 1.807) is 30.3 Å². The first-order chi connectivity index (χ1) is 11.6. The first-order valence-corrected chi connectivity index (χ1v) is 8.46. The van der Waals surface area contributed by atoms with Gasteiger partial charge in [0.05, 0.1) is 22.4 Å². The number of hydrogen-bond acceptors (Lipinski definition) is 2. The van der Waals surface area contributed by atoms with Crippen LogP contribution in [0.25, 0.3) is 11.6 Å². The van der Waals surface area contributed by atoms with Crippen molar-refractivity contribution in [2.75, 3.05) is 18.0 Å². The zero-order valence-electron chi connectivity index (χ0n) is 12.9. The fraction of sp³-hybridized carbons (Fsp3) is 0.211. The largest absolute Gasteiger partial charge is 0.369 e. The Morgan fingerprint density at radius 1 is 1.12 bits per heavy atom. The van der Waals surface area contributed by atoms with Gasteiger partial charge in [0.25, 0.3) is 0 Å². The molecule has 1 saturated heterocycles. The molecule has 0 aliphatic carbocycles. The third-order valence-corrected chi connectivity index (χ3v) is 4.62. The maximum absolute atomic E-state index is 14.4. The number of nitrogens with zero attached hydrogens (tertiary/aromatic N) is 2. The molecule has 0 aromatic heterocycles. The second-order valence-electron chi connectivity index (χ2n) is 5.70. The van der Waals surface area contributed by atoms with E-state index in [1.807, 2.05) is 11.0 Å². The lowest BCUT2D eigenvalue weighted by Gasteiger charge is -2.18. The highest BCUT2D eigenvalue weighted by Gasteiger charge is 2.16. The molecule has 0 saturated carbocycles. The maximum atomic E-state index is 14.4. The van der Waals surface area contributed by atoms with Crippen LogP contribution in [0, 0.1) is 17.1 Å². The molecule has 1 fully saturated rings. The monoisotopic (exact) mass is 360 g/mol. The van der Waals surface area contributed by atoms with Gasteiger partial charge in [-0.05, 0) is 48.7 Å². The molecule has 5 heteroatoms. The average molecular weight is 361 g/mol. The van der Waals surface area contributed by atoms with Crippen molar-refractivity contribution < 1.29 is 4.39 Å². The molecule has 122 valence electrons. The summed E-state index contributed by atoms with van der Waals surface area (Å²) in [5.74, 6) is -0.273. The van der Waals surface area contributed by atoms with E-state index in [0.29, 0.717) is 32.4 Å². The minimum atomic E-state index is -0.273. The van der Waals surface area contributed by atoms with E-state index in [4.69, 9.17) is 23.2 Å². The minimum absolute atomic E-state index is 0.273. The van der Waals surface area contributed by atoms with Gasteiger partial charge in [-0.15, -0.1) is 0 Å². The lowest BCUT2D eigenvalue weighted by atomic mass is 10.0. The molecular formula is C19H15Cl2FN2. The highest BCUT2D eigenvalue weighted by atomic mass is 35.5. The summed E-state index contributed by atoms with van der Waals surface area (Å²) in [5, 5.41) is 10.3. The van der Waals surface area contributed by atoms with Crippen molar-refractivity contribution >= 4 is 40.5 Å². The predicted octanol–water partition coefficient (Wildman–Crippen LogP) is 5.80. The topological polar surface area (TPSA) is 27.0 Å². The summed E-state index contributed by atoms with van der Waals surface area (Å²) < 4.78 is 14.4. The Kier molecular flexibility index (Phi) is 5.08. The Hall–Kier alpha value is -2.02. The minimum Gasteiger partial charge on any atom is -0.369 e. The molecule has 2 nitrogen and oxygen atoms in total. The SMILES string of the molecule is N#C/C(=C/c1ccc(N2CCCC2)c(F)c1)c1ccc(Cl)cc1Cl. The van der Waals surface area contributed by atoms with E-state index >= 15 is 0 Å². The third kappa shape index (κ3) is 3.56. The lowest BCUT2D eigenvalue weighted by Crippen LogP contribution is -2.18. The summed E-state index contributed by atoms with van der Waals surface area (Å²) in [6.07, 6.45) is 3.81. The van der Waals surface area contributed by atoms with Crippen LogP contribution in [0.4, 0.5) is 10.1 Å². The Morgan fingerprint density at radius 2 is 1.88 bits per heavy atom. The molecule has 2 aromatic rings. The van der Waals surface area contributed by atoms with Crippen LogP contribution in [0.15, 0.2) is 36.4 Å². The number of allylic oxidation sites excluding steroid dienone is 1. The molecule has 0 radical (unpaired) electrons. The summed E-state index contributed by atoms with van der Waals surface area (Å²) in [4.78, 5) is 2.05. The standard InChI is InChI=1S/C19H15Cl2FN2/c20-15-4-5-16(17(21)11-15)14(12-23)9-13-3-6-19(18(22)10-13)24-7-1-2-8-24/h3-6,9-11H,1-2,7-8H2/b14-9-. The number of anilines is 1. The highest BCUT2D eigenvalue weighted by Crippen LogP contribution is 2.30. The van der Waals surface area contributed by atoms with Gasteiger partial charge in [0.2, 0.25) is 0 Å². The first-order valence-electron chi connectivity index (χ1n) is 7.70. The molecule has 1 aliphatic heterocycles. The molecule has 24 heavy (non-hydrogen) atoms. The van der Waals surface area contributed by atoms with Gasteiger partial charge in [-0.3, -0.25) is 0 Å². The molecule has 3 rings (SSSR count). The third-order valence-electron chi connectivity index (χ3n) is 4.07. The van der Waals surface area contributed by atoms with Crippen LogP contribution in [0.2, 0.25) is 10.0 Å². The number of nitriles is 1. The normalized spacial score (nSPS) is 14.8. The van der Waals surface area contributed by atoms with Crippen LogP contribution < -0.4 is 4.90 Å². The Bertz CT molecular complexity index is 834. The zero-order valence-corrected chi connectivity index (χ0v) is 14.4. The van der Waals surface area contributed by atoms with E-state index in [-0.39, 0.29) is 5.82 Å². The Morgan fingerprint density at radius 3 is 2.50 bits per heavy atom. The number of rotatable bonds is 3. The Labute approximate surface area is 150 Å². The number of hydrogen-bond donors (Lipinski definition) is 0. The maximum Gasteiger partial charge on any atom is 0.147 e. The molecular weight excluding hydrogens is 346 g/mol. The second-order valence-corrected chi connectivity index (χ2v) is 6.54. The number of benzene rings is 2. The summed E-state index contributed by atoms with van der Waals surface area (Å²) in [5.41, 5.74) is 2.18. The Balaban J connectivity index is 1.94. The molecule has 1 heterocycles. The van der Waals surface area contributed by atoms with Crippen molar-refractivity contribution in [2.24, 2.45) is 0 Å². The summed E-state index contributed by atoms with van der Waals surface area (Å²) in [6.45, 7) is 1.77. The fourth-order valence-electron chi connectivity index (χ4n) is 2.87. The van der Waals surface area contributed by atoms with Crippen molar-refractivity contribution in [3.8, 4) is 6.07 Å². The van der Waals surface area contributed by atoms with Gasteiger partial charge < -0.3 is 4.90 Å². The van der Waals surface area contributed by atoms with Crippen LogP contribution in [0.5, 0.6) is 0 Å². The van der Waals surface area contributed by atoms with E-state index in [1.165, 1.54) is 6.07 Å². The van der Waals surface area contributed by atoms with E-state index < -0.39 is 0 Å². The fourth-order valence-corrected chi connectivity index (χ4v) is 3.38. The summed E-state index contributed by atoms with van der Waals surface area (Å²) in [7, 11) is 0. The molecule has 0 bridgehead atoms. The van der Waals surface area contributed by atoms with Gasteiger partial charge in [0.1, 0.15) is 5.82 Å². The second kappa shape index (κ2) is 7.25. The molecule has 0 N–H and O–H groups in total. The molecule has 2 aromatic carbocycles. The quantitative estimate of drug-likeness (QED) is 0.511. The van der Waals surface area contributed by atoms with Crippen LogP contribution in [-0.4, -0.2) is 13.1 Å². The highest BCUT2D eigenvalue weighted by molar-refractivity contribution is 6.36. The molecule has 0 atom stereocenters. The van der Waals surface area contributed by atoms with E-state index in [0.717, 1.165) is 25.9 Å².